The van der Waals surface area contributed by atoms with Gasteiger partial charge in [-0.1, -0.05) is 6.92 Å². The lowest BCUT2D eigenvalue weighted by Crippen LogP contribution is -2.42. The van der Waals surface area contributed by atoms with Gasteiger partial charge < -0.3 is 10.0 Å². The summed E-state index contributed by atoms with van der Waals surface area (Å²) in [7, 11) is 0. The van der Waals surface area contributed by atoms with Crippen molar-refractivity contribution in [3.8, 4) is 0 Å². The molecule has 0 radical (unpaired) electrons. The molecule has 152 valence electrons. The summed E-state index contributed by atoms with van der Waals surface area (Å²) in [6.07, 6.45) is 2.82. The Labute approximate surface area is 165 Å². The van der Waals surface area contributed by atoms with E-state index in [4.69, 9.17) is 4.98 Å². The number of aromatic nitrogens is 3. The third-order valence-corrected chi connectivity index (χ3v) is 5.38. The molecule has 2 aromatic rings. The van der Waals surface area contributed by atoms with E-state index in [-0.39, 0.29) is 24.0 Å². The number of hydrogen-bond acceptors (Lipinski definition) is 4. The van der Waals surface area contributed by atoms with E-state index >= 15 is 0 Å². The average Bonchev–Trinajstić information content (AvgIpc) is 3.40. The summed E-state index contributed by atoms with van der Waals surface area (Å²) in [6.45, 7) is 11.6. The van der Waals surface area contributed by atoms with Crippen molar-refractivity contribution in [3.05, 3.63) is 23.0 Å². The Hall–Kier alpha value is -2.44. The van der Waals surface area contributed by atoms with Crippen molar-refractivity contribution >= 4 is 22.9 Å². The van der Waals surface area contributed by atoms with Gasteiger partial charge in [0.05, 0.1) is 22.2 Å². The number of carboxylic acid groups (broad SMARTS) is 1. The molecule has 0 aromatic carbocycles. The summed E-state index contributed by atoms with van der Waals surface area (Å²) < 4.78 is 1.88. The second-order valence-corrected chi connectivity index (χ2v) is 8.82. The molecule has 2 heterocycles. The molecule has 1 aliphatic rings. The molecule has 1 N–H and O–H groups in total. The fraction of sp³-hybridized carbons (Fsp3) is 0.619. The van der Waals surface area contributed by atoms with E-state index in [0.717, 1.165) is 29.6 Å². The highest BCUT2D eigenvalue weighted by Gasteiger charge is 2.32. The van der Waals surface area contributed by atoms with Crippen LogP contribution in [-0.4, -0.2) is 49.2 Å². The van der Waals surface area contributed by atoms with Gasteiger partial charge in [0.2, 0.25) is 0 Å². The number of aliphatic carboxylic acids is 1. The predicted octanol–water partition coefficient (Wildman–Crippen LogP) is 3.70. The molecule has 0 spiro atoms. The molecular formula is C21H30N4O3. The molecular weight excluding hydrogens is 356 g/mol. The van der Waals surface area contributed by atoms with Crippen LogP contribution in [0.4, 0.5) is 0 Å². The minimum absolute atomic E-state index is 0.172. The molecule has 0 saturated heterocycles. The number of carbonyl (C=O) groups excluding carboxylic acids is 1. The lowest BCUT2D eigenvalue weighted by molar-refractivity contribution is -0.138. The number of amides is 1. The van der Waals surface area contributed by atoms with Gasteiger partial charge in [0.1, 0.15) is 6.54 Å². The minimum Gasteiger partial charge on any atom is -0.480 e. The number of rotatable bonds is 6. The first-order valence-electron chi connectivity index (χ1n) is 9.98. The van der Waals surface area contributed by atoms with Crippen molar-refractivity contribution in [3.63, 3.8) is 0 Å². The second kappa shape index (κ2) is 7.18. The minimum atomic E-state index is -1.01. The second-order valence-electron chi connectivity index (χ2n) is 8.82. The topological polar surface area (TPSA) is 88.3 Å². The summed E-state index contributed by atoms with van der Waals surface area (Å²) in [6, 6.07) is 1.69. The van der Waals surface area contributed by atoms with E-state index in [2.05, 4.69) is 25.9 Å². The molecule has 1 saturated carbocycles. The van der Waals surface area contributed by atoms with Crippen LogP contribution in [0.1, 0.15) is 81.5 Å². The maximum Gasteiger partial charge on any atom is 0.323 e. The zero-order valence-electron chi connectivity index (χ0n) is 17.6. The number of hydrogen-bond donors (Lipinski definition) is 1. The first kappa shape index (κ1) is 20.3. The molecule has 0 aliphatic heterocycles. The molecule has 1 fully saturated rings. The molecule has 1 amide bonds. The van der Waals surface area contributed by atoms with Crippen LogP contribution in [0, 0.1) is 6.92 Å². The summed E-state index contributed by atoms with van der Waals surface area (Å²) in [4.78, 5) is 31.2. The Bertz CT molecular complexity index is 922. The van der Waals surface area contributed by atoms with Gasteiger partial charge in [-0.15, -0.1) is 0 Å². The first-order valence-corrected chi connectivity index (χ1v) is 9.98. The van der Waals surface area contributed by atoms with Crippen LogP contribution in [0.15, 0.2) is 6.07 Å². The van der Waals surface area contributed by atoms with E-state index in [1.807, 2.05) is 31.5 Å². The molecule has 0 bridgehead atoms. The smallest absolute Gasteiger partial charge is 0.323 e. The highest BCUT2D eigenvalue weighted by atomic mass is 16.4. The Morgan fingerprint density at radius 2 is 2.00 bits per heavy atom. The van der Waals surface area contributed by atoms with Gasteiger partial charge in [0.15, 0.2) is 5.65 Å². The van der Waals surface area contributed by atoms with Crippen molar-refractivity contribution in [1.82, 2.24) is 19.7 Å². The van der Waals surface area contributed by atoms with Gasteiger partial charge in [-0.3, -0.25) is 9.59 Å². The maximum absolute atomic E-state index is 13.5. The molecule has 1 unspecified atom stereocenters. The Balaban J connectivity index is 2.22. The van der Waals surface area contributed by atoms with Gasteiger partial charge in [-0.2, -0.15) is 5.10 Å². The summed E-state index contributed by atoms with van der Waals surface area (Å²) in [5.41, 5.74) is 2.58. The fourth-order valence-corrected chi connectivity index (χ4v) is 3.48. The van der Waals surface area contributed by atoms with Crippen molar-refractivity contribution in [2.24, 2.45) is 0 Å². The van der Waals surface area contributed by atoms with Crippen LogP contribution in [0.3, 0.4) is 0 Å². The molecule has 1 atom stereocenters. The van der Waals surface area contributed by atoms with Crippen LogP contribution < -0.4 is 0 Å². The zero-order valence-corrected chi connectivity index (χ0v) is 17.6. The number of nitrogens with zero attached hydrogens (tertiary/aromatic N) is 4. The quantitative estimate of drug-likeness (QED) is 0.818. The molecule has 2 aromatic heterocycles. The first-order chi connectivity index (χ1) is 13.0. The third kappa shape index (κ3) is 3.75. The molecule has 7 heteroatoms. The van der Waals surface area contributed by atoms with Gasteiger partial charge in [0, 0.05) is 17.7 Å². The zero-order chi connectivity index (χ0) is 20.8. The Morgan fingerprint density at radius 1 is 1.36 bits per heavy atom. The predicted molar refractivity (Wildman–Crippen MR) is 108 cm³/mol. The summed E-state index contributed by atoms with van der Waals surface area (Å²) in [5.74, 6) is -0.901. The molecule has 3 rings (SSSR count). The van der Waals surface area contributed by atoms with E-state index in [9.17, 15) is 14.7 Å². The van der Waals surface area contributed by atoms with Crippen molar-refractivity contribution in [2.45, 2.75) is 78.3 Å². The van der Waals surface area contributed by atoms with Crippen LogP contribution in [-0.2, 0) is 10.3 Å². The van der Waals surface area contributed by atoms with Crippen LogP contribution in [0.25, 0.3) is 11.0 Å². The maximum atomic E-state index is 13.5. The number of pyridine rings is 1. The summed E-state index contributed by atoms with van der Waals surface area (Å²) >= 11 is 0. The average molecular weight is 386 g/mol. The molecule has 1 aliphatic carbocycles. The third-order valence-electron chi connectivity index (χ3n) is 5.38. The standard InChI is InChI=1S/C21H30N4O3/c1-7-12(2)24(11-17(26)27)20(28)15-10-16(14-8-9-14)22-19-18(15)13(3)23-25(19)21(4,5)6/h10,12,14H,7-9,11H2,1-6H3,(H,26,27). The number of carbonyl (C=O) groups is 2. The highest BCUT2D eigenvalue weighted by molar-refractivity contribution is 6.07. The number of fused-ring (bicyclic) bond motifs is 1. The summed E-state index contributed by atoms with van der Waals surface area (Å²) in [5, 5.41) is 14.7. The monoisotopic (exact) mass is 386 g/mol. The largest absolute Gasteiger partial charge is 0.480 e. The van der Waals surface area contributed by atoms with Gasteiger partial charge >= 0.3 is 5.97 Å². The van der Waals surface area contributed by atoms with Crippen LogP contribution >= 0.6 is 0 Å². The highest BCUT2D eigenvalue weighted by Crippen LogP contribution is 2.41. The normalized spacial score (nSPS) is 15.6. The molecule has 28 heavy (non-hydrogen) atoms. The number of carboxylic acids is 1. The fourth-order valence-electron chi connectivity index (χ4n) is 3.48. The van der Waals surface area contributed by atoms with Crippen molar-refractivity contribution in [2.75, 3.05) is 6.54 Å². The lowest BCUT2D eigenvalue weighted by Gasteiger charge is -2.27. The number of aryl methyl sites for hydroxylation is 1. The van der Waals surface area contributed by atoms with E-state index < -0.39 is 5.97 Å². The van der Waals surface area contributed by atoms with Crippen molar-refractivity contribution < 1.29 is 14.7 Å². The van der Waals surface area contributed by atoms with Gasteiger partial charge in [-0.05, 0) is 59.9 Å². The lowest BCUT2D eigenvalue weighted by atomic mass is 10.0. The van der Waals surface area contributed by atoms with E-state index in [0.29, 0.717) is 23.5 Å². The Morgan fingerprint density at radius 3 is 2.50 bits per heavy atom. The molecule has 7 nitrogen and oxygen atoms in total. The van der Waals surface area contributed by atoms with Gasteiger partial charge in [0.25, 0.3) is 5.91 Å². The van der Waals surface area contributed by atoms with Gasteiger partial charge in [-0.25, -0.2) is 9.67 Å². The van der Waals surface area contributed by atoms with Crippen molar-refractivity contribution in [1.29, 1.82) is 0 Å². The van der Waals surface area contributed by atoms with Crippen LogP contribution in [0.5, 0.6) is 0 Å². The van der Waals surface area contributed by atoms with Crippen LogP contribution in [0.2, 0.25) is 0 Å². The SMILES string of the molecule is CCC(C)N(CC(=O)O)C(=O)c1cc(C2CC2)nc2c1c(C)nn2C(C)(C)C. The van der Waals surface area contributed by atoms with E-state index in [1.54, 1.807) is 0 Å². The Kier molecular flexibility index (Phi) is 5.21. The van der Waals surface area contributed by atoms with E-state index in [1.165, 1.54) is 4.90 Å².